The lowest BCUT2D eigenvalue weighted by atomic mass is 10.1. The summed E-state index contributed by atoms with van der Waals surface area (Å²) in [6, 6.07) is 22.9. The van der Waals surface area contributed by atoms with E-state index >= 15 is 0 Å². The number of carbonyl (C=O) groups is 2. The monoisotopic (exact) mass is 570 g/mol. The van der Waals surface area contributed by atoms with E-state index in [2.05, 4.69) is 36.8 Å². The van der Waals surface area contributed by atoms with E-state index in [4.69, 9.17) is 16.3 Å². The van der Waals surface area contributed by atoms with E-state index in [1.807, 2.05) is 54.6 Å². The Balaban J connectivity index is 1.42. The second kappa shape index (κ2) is 11.9. The fraction of sp³-hybridized carbons (Fsp3) is 0.120. The van der Waals surface area contributed by atoms with Crippen LogP contribution in [0.25, 0.3) is 10.6 Å². The van der Waals surface area contributed by atoms with Gasteiger partial charge in [-0.3, -0.25) is 14.9 Å². The summed E-state index contributed by atoms with van der Waals surface area (Å²) < 4.78 is 6.46. The van der Waals surface area contributed by atoms with E-state index < -0.39 is 17.9 Å². The van der Waals surface area contributed by atoms with Crippen molar-refractivity contribution in [1.29, 1.82) is 0 Å². The van der Waals surface area contributed by atoms with Gasteiger partial charge in [-0.15, -0.1) is 10.2 Å². The Hall–Kier alpha value is -3.27. The number of carbonyl (C=O) groups excluding carboxylic acids is 2. The second-order valence-corrected chi connectivity index (χ2v) is 9.79. The van der Waals surface area contributed by atoms with Gasteiger partial charge in [0.25, 0.3) is 5.91 Å². The van der Waals surface area contributed by atoms with E-state index in [0.717, 1.165) is 15.6 Å². The van der Waals surface area contributed by atoms with Gasteiger partial charge in [0.2, 0.25) is 11.0 Å². The van der Waals surface area contributed by atoms with Gasteiger partial charge in [0, 0.05) is 21.5 Å². The minimum atomic E-state index is -0.834. The molecule has 2 N–H and O–H groups in total. The number of amides is 2. The fourth-order valence-electron chi connectivity index (χ4n) is 3.15. The molecule has 0 aliphatic heterocycles. The lowest BCUT2D eigenvalue weighted by Gasteiger charge is -2.18. The highest BCUT2D eigenvalue weighted by Crippen LogP contribution is 2.27. The van der Waals surface area contributed by atoms with Crippen LogP contribution >= 0.6 is 38.9 Å². The van der Waals surface area contributed by atoms with E-state index in [0.29, 0.717) is 27.3 Å². The second-order valence-electron chi connectivity index (χ2n) is 7.46. The van der Waals surface area contributed by atoms with E-state index in [-0.39, 0.29) is 6.61 Å². The van der Waals surface area contributed by atoms with Crippen molar-refractivity contribution in [2.45, 2.75) is 12.5 Å². The first-order valence-electron chi connectivity index (χ1n) is 10.6. The summed E-state index contributed by atoms with van der Waals surface area (Å²) in [6.45, 7) is -0.243. The van der Waals surface area contributed by atoms with Crippen molar-refractivity contribution in [2.24, 2.45) is 0 Å². The Bertz CT molecular complexity index is 1280. The summed E-state index contributed by atoms with van der Waals surface area (Å²) in [5.41, 5.74) is 1.79. The SMILES string of the molecule is O=C(COc1ccc(Cl)cc1)NC(Cc1ccccc1)C(=O)Nc1nnc(-c2ccc(Br)cc2)s1. The third kappa shape index (κ3) is 7.35. The van der Waals surface area contributed by atoms with Crippen LogP contribution in [0.3, 0.4) is 0 Å². The molecule has 1 unspecified atom stereocenters. The largest absolute Gasteiger partial charge is 0.484 e. The van der Waals surface area contributed by atoms with Crippen molar-refractivity contribution in [3.63, 3.8) is 0 Å². The molecule has 0 aliphatic rings. The molecule has 0 saturated carbocycles. The van der Waals surface area contributed by atoms with Crippen LogP contribution in [0.5, 0.6) is 5.75 Å². The number of halogens is 2. The molecule has 0 radical (unpaired) electrons. The molecule has 178 valence electrons. The highest BCUT2D eigenvalue weighted by atomic mass is 79.9. The average Bonchev–Trinajstić information content (AvgIpc) is 3.33. The number of benzene rings is 3. The molecule has 0 saturated heterocycles. The number of nitrogens with zero attached hydrogens (tertiary/aromatic N) is 2. The van der Waals surface area contributed by atoms with Gasteiger partial charge < -0.3 is 10.1 Å². The lowest BCUT2D eigenvalue weighted by Crippen LogP contribution is -2.46. The highest BCUT2D eigenvalue weighted by Gasteiger charge is 2.23. The maximum absolute atomic E-state index is 13.1. The maximum Gasteiger partial charge on any atom is 0.258 e. The molecule has 4 rings (SSSR count). The molecule has 4 aromatic rings. The Morgan fingerprint density at radius 3 is 2.40 bits per heavy atom. The first-order valence-corrected chi connectivity index (χ1v) is 12.6. The Morgan fingerprint density at radius 2 is 1.69 bits per heavy atom. The molecule has 0 aliphatic carbocycles. The number of hydrogen-bond acceptors (Lipinski definition) is 6. The molecular weight excluding hydrogens is 552 g/mol. The third-order valence-electron chi connectivity index (χ3n) is 4.86. The summed E-state index contributed by atoms with van der Waals surface area (Å²) in [5, 5.41) is 15.4. The smallest absolute Gasteiger partial charge is 0.258 e. The topological polar surface area (TPSA) is 93.2 Å². The molecule has 1 heterocycles. The van der Waals surface area contributed by atoms with Crippen LogP contribution in [0.2, 0.25) is 5.02 Å². The molecule has 0 bridgehead atoms. The van der Waals surface area contributed by atoms with Crippen LogP contribution in [0.4, 0.5) is 5.13 Å². The van der Waals surface area contributed by atoms with Crippen LogP contribution in [0, 0.1) is 0 Å². The molecule has 35 heavy (non-hydrogen) atoms. The summed E-state index contributed by atoms with van der Waals surface area (Å²) in [4.78, 5) is 25.7. The Labute approximate surface area is 219 Å². The van der Waals surface area contributed by atoms with Crippen molar-refractivity contribution < 1.29 is 14.3 Å². The zero-order valence-electron chi connectivity index (χ0n) is 18.3. The minimum absolute atomic E-state index is 0.243. The third-order valence-corrected chi connectivity index (χ3v) is 6.53. The molecule has 3 aromatic carbocycles. The van der Waals surface area contributed by atoms with Crippen LogP contribution in [-0.4, -0.2) is 34.7 Å². The first-order chi connectivity index (χ1) is 17.0. The molecule has 10 heteroatoms. The van der Waals surface area contributed by atoms with Crippen LogP contribution in [0.1, 0.15) is 5.56 Å². The number of hydrogen-bond donors (Lipinski definition) is 2. The van der Waals surface area contributed by atoms with Gasteiger partial charge in [-0.05, 0) is 42.0 Å². The quantitative estimate of drug-likeness (QED) is 0.282. The molecule has 1 atom stereocenters. The Kier molecular flexibility index (Phi) is 8.46. The van der Waals surface area contributed by atoms with Gasteiger partial charge in [-0.25, -0.2) is 0 Å². The summed E-state index contributed by atoms with van der Waals surface area (Å²) in [6.07, 6.45) is 0.303. The van der Waals surface area contributed by atoms with Gasteiger partial charge in [0.1, 0.15) is 16.8 Å². The van der Waals surface area contributed by atoms with Gasteiger partial charge in [0.05, 0.1) is 0 Å². The standard InChI is InChI=1S/C25H20BrClN4O3S/c26-18-8-6-17(7-9-18)24-30-31-25(35-24)29-23(33)21(14-16-4-2-1-3-5-16)28-22(32)15-34-20-12-10-19(27)11-13-20/h1-13,21H,14-15H2,(H,28,32)(H,29,31,33). The summed E-state index contributed by atoms with van der Waals surface area (Å²) >= 11 is 10.5. The molecule has 0 fully saturated rings. The molecular formula is C25H20BrClN4O3S. The summed E-state index contributed by atoms with van der Waals surface area (Å²) in [7, 11) is 0. The van der Waals surface area contributed by atoms with E-state index in [9.17, 15) is 9.59 Å². The average molecular weight is 572 g/mol. The van der Waals surface area contributed by atoms with Crippen molar-refractivity contribution in [1.82, 2.24) is 15.5 Å². The van der Waals surface area contributed by atoms with E-state index in [1.54, 1.807) is 24.3 Å². The number of aromatic nitrogens is 2. The fourth-order valence-corrected chi connectivity index (χ4v) is 4.29. The van der Waals surface area contributed by atoms with Crippen molar-refractivity contribution in [3.05, 3.63) is 93.9 Å². The van der Waals surface area contributed by atoms with Crippen molar-refractivity contribution in [2.75, 3.05) is 11.9 Å². The van der Waals surface area contributed by atoms with Crippen molar-refractivity contribution in [3.8, 4) is 16.3 Å². The number of ether oxygens (including phenoxy) is 1. The van der Waals surface area contributed by atoms with Gasteiger partial charge in [0.15, 0.2) is 6.61 Å². The lowest BCUT2D eigenvalue weighted by molar-refractivity contribution is -0.127. The maximum atomic E-state index is 13.1. The zero-order valence-corrected chi connectivity index (χ0v) is 21.4. The number of rotatable bonds is 9. The molecule has 7 nitrogen and oxygen atoms in total. The molecule has 1 aromatic heterocycles. The van der Waals surface area contributed by atoms with Gasteiger partial charge in [-0.1, -0.05) is 81.3 Å². The van der Waals surface area contributed by atoms with Crippen LogP contribution < -0.4 is 15.4 Å². The van der Waals surface area contributed by atoms with Crippen LogP contribution in [0.15, 0.2) is 83.3 Å². The predicted molar refractivity (Wildman–Crippen MR) is 141 cm³/mol. The van der Waals surface area contributed by atoms with Gasteiger partial charge >= 0.3 is 0 Å². The number of anilines is 1. The van der Waals surface area contributed by atoms with Gasteiger partial charge in [-0.2, -0.15) is 0 Å². The Morgan fingerprint density at radius 1 is 0.971 bits per heavy atom. The summed E-state index contributed by atoms with van der Waals surface area (Å²) in [5.74, 6) is -0.320. The highest BCUT2D eigenvalue weighted by molar-refractivity contribution is 9.10. The minimum Gasteiger partial charge on any atom is -0.484 e. The van der Waals surface area contributed by atoms with Crippen molar-refractivity contribution >= 4 is 55.8 Å². The first kappa shape index (κ1) is 24.8. The normalized spacial score (nSPS) is 11.5. The predicted octanol–water partition coefficient (Wildman–Crippen LogP) is 5.37. The van der Waals surface area contributed by atoms with Crippen LogP contribution in [-0.2, 0) is 16.0 Å². The van der Waals surface area contributed by atoms with E-state index in [1.165, 1.54) is 11.3 Å². The molecule has 0 spiro atoms. The molecule has 2 amide bonds. The zero-order chi connectivity index (χ0) is 24.6. The number of nitrogens with one attached hydrogen (secondary N) is 2.